The molecule has 8 nitrogen and oxygen atoms in total. The Bertz CT molecular complexity index is 1080. The number of halogens is 2. The molecule has 0 saturated carbocycles. The average Bonchev–Trinajstić information content (AvgIpc) is 3.27. The molecule has 0 bridgehead atoms. The van der Waals surface area contributed by atoms with Crippen molar-refractivity contribution in [3.63, 3.8) is 0 Å². The molecule has 3 aromatic rings. The molecule has 1 saturated heterocycles. The number of nitrogens with zero attached hydrogens (tertiary/aromatic N) is 4. The lowest BCUT2D eigenvalue weighted by molar-refractivity contribution is 0.0903. The minimum Gasteiger partial charge on any atom is -0.381 e. The van der Waals surface area contributed by atoms with E-state index < -0.39 is 11.7 Å². The summed E-state index contributed by atoms with van der Waals surface area (Å²) in [5.74, 6) is 0.169. The van der Waals surface area contributed by atoms with Gasteiger partial charge in [-0.1, -0.05) is 23.7 Å². The monoisotopic (exact) mass is 444 g/mol. The first kappa shape index (κ1) is 21.2. The van der Waals surface area contributed by atoms with Crippen molar-refractivity contribution < 1.29 is 13.9 Å². The predicted octanol–water partition coefficient (Wildman–Crippen LogP) is 3.28. The number of rotatable bonds is 6. The number of carbonyl (C=O) groups excluding carboxylic acids is 1. The number of ether oxygens (including phenoxy) is 1. The highest BCUT2D eigenvalue weighted by molar-refractivity contribution is 6.30. The molecule has 0 spiro atoms. The lowest BCUT2D eigenvalue weighted by Gasteiger charge is -2.23. The van der Waals surface area contributed by atoms with Crippen molar-refractivity contribution in [2.24, 2.45) is 0 Å². The van der Waals surface area contributed by atoms with Crippen molar-refractivity contribution in [1.29, 1.82) is 0 Å². The number of nitrogens with one attached hydrogen (secondary N) is 2. The Labute approximate surface area is 183 Å². The number of carbonyl (C=O) groups is 1. The van der Waals surface area contributed by atoms with Crippen LogP contribution in [0.15, 0.2) is 36.9 Å². The van der Waals surface area contributed by atoms with Gasteiger partial charge in [0.1, 0.15) is 23.7 Å². The van der Waals surface area contributed by atoms with Gasteiger partial charge in [0.25, 0.3) is 5.91 Å². The highest BCUT2D eigenvalue weighted by Gasteiger charge is 2.17. The van der Waals surface area contributed by atoms with E-state index in [1.54, 1.807) is 29.1 Å². The standard InChI is InChI=1S/C21H22ClFN6O2/c1-13-9-25-21(27-15-5-7-31-8-6-15)28-19(13)29-11-17(26-12-29)20(30)24-10-14-3-2-4-16(22)18(14)23/h2-4,9,11-12,15H,5-8,10H2,1H3,(H,24,30)(H,25,27,28). The zero-order valence-corrected chi connectivity index (χ0v) is 17.7. The van der Waals surface area contributed by atoms with Crippen LogP contribution >= 0.6 is 11.6 Å². The van der Waals surface area contributed by atoms with Crippen LogP contribution in [0.3, 0.4) is 0 Å². The van der Waals surface area contributed by atoms with Gasteiger partial charge in [-0.05, 0) is 25.8 Å². The molecule has 1 aliphatic rings. The summed E-state index contributed by atoms with van der Waals surface area (Å²) >= 11 is 5.78. The van der Waals surface area contributed by atoms with Crippen molar-refractivity contribution in [3.8, 4) is 5.82 Å². The fourth-order valence-electron chi connectivity index (χ4n) is 3.30. The first-order chi connectivity index (χ1) is 15.0. The summed E-state index contributed by atoms with van der Waals surface area (Å²) in [5, 5.41) is 6.01. The van der Waals surface area contributed by atoms with Crippen LogP contribution in [0.4, 0.5) is 10.3 Å². The number of anilines is 1. The van der Waals surface area contributed by atoms with Gasteiger partial charge in [-0.3, -0.25) is 9.36 Å². The van der Waals surface area contributed by atoms with Gasteiger partial charge in [0.2, 0.25) is 5.95 Å². The Hall–Kier alpha value is -3.04. The minimum absolute atomic E-state index is 0.00376. The van der Waals surface area contributed by atoms with Crippen LogP contribution in [0, 0.1) is 12.7 Å². The van der Waals surface area contributed by atoms with Crippen LogP contribution in [0.1, 0.15) is 34.5 Å². The molecule has 1 fully saturated rings. The summed E-state index contributed by atoms with van der Waals surface area (Å²) in [6, 6.07) is 4.92. The molecule has 0 aliphatic carbocycles. The molecule has 10 heteroatoms. The summed E-state index contributed by atoms with van der Waals surface area (Å²) in [5.41, 5.74) is 1.33. The second-order valence-electron chi connectivity index (χ2n) is 7.29. The molecule has 2 aromatic heterocycles. The normalized spacial score (nSPS) is 14.4. The zero-order valence-electron chi connectivity index (χ0n) is 16.9. The summed E-state index contributed by atoms with van der Waals surface area (Å²) in [4.78, 5) is 25.6. The van der Waals surface area contributed by atoms with E-state index in [1.807, 2.05) is 6.92 Å². The Morgan fingerprint density at radius 3 is 2.94 bits per heavy atom. The van der Waals surface area contributed by atoms with Gasteiger partial charge in [-0.25, -0.2) is 14.4 Å². The predicted molar refractivity (Wildman–Crippen MR) is 114 cm³/mol. The van der Waals surface area contributed by atoms with E-state index in [1.165, 1.54) is 12.4 Å². The van der Waals surface area contributed by atoms with Gasteiger partial charge in [0.15, 0.2) is 0 Å². The summed E-state index contributed by atoms with van der Waals surface area (Å²) < 4.78 is 21.0. The Morgan fingerprint density at radius 1 is 1.32 bits per heavy atom. The lowest BCUT2D eigenvalue weighted by atomic mass is 10.1. The maximum atomic E-state index is 14.0. The highest BCUT2D eigenvalue weighted by Crippen LogP contribution is 2.18. The molecule has 162 valence electrons. The van der Waals surface area contributed by atoms with E-state index in [2.05, 4.69) is 25.6 Å². The molecule has 31 heavy (non-hydrogen) atoms. The smallest absolute Gasteiger partial charge is 0.271 e. The Morgan fingerprint density at radius 2 is 2.13 bits per heavy atom. The van der Waals surface area contributed by atoms with Crippen LogP contribution in [0.25, 0.3) is 5.82 Å². The van der Waals surface area contributed by atoms with Crippen molar-refractivity contribution in [3.05, 3.63) is 64.6 Å². The molecule has 0 atom stereocenters. The number of aryl methyl sites for hydroxylation is 1. The van der Waals surface area contributed by atoms with Crippen LogP contribution < -0.4 is 10.6 Å². The molecule has 1 amide bonds. The highest BCUT2D eigenvalue weighted by atomic mass is 35.5. The van der Waals surface area contributed by atoms with E-state index in [0.717, 1.165) is 31.6 Å². The first-order valence-corrected chi connectivity index (χ1v) is 10.3. The minimum atomic E-state index is -0.545. The molecule has 0 unspecified atom stereocenters. The van der Waals surface area contributed by atoms with E-state index in [0.29, 0.717) is 17.3 Å². The largest absolute Gasteiger partial charge is 0.381 e. The van der Waals surface area contributed by atoms with Crippen molar-refractivity contribution >= 4 is 23.5 Å². The molecule has 1 aliphatic heterocycles. The average molecular weight is 445 g/mol. The fourth-order valence-corrected chi connectivity index (χ4v) is 3.49. The first-order valence-electron chi connectivity index (χ1n) is 9.94. The summed E-state index contributed by atoms with van der Waals surface area (Å²) in [7, 11) is 0. The van der Waals surface area contributed by atoms with Gasteiger partial charge in [-0.15, -0.1) is 0 Å². The molecule has 1 aromatic carbocycles. The van der Waals surface area contributed by atoms with Gasteiger partial charge in [0.05, 0.1) is 5.02 Å². The molecule has 3 heterocycles. The maximum Gasteiger partial charge on any atom is 0.271 e. The van der Waals surface area contributed by atoms with Crippen molar-refractivity contribution in [1.82, 2.24) is 24.8 Å². The summed E-state index contributed by atoms with van der Waals surface area (Å²) in [6.07, 6.45) is 6.62. The van der Waals surface area contributed by atoms with Crippen LogP contribution in [0.2, 0.25) is 5.02 Å². The van der Waals surface area contributed by atoms with E-state index in [-0.39, 0.29) is 23.3 Å². The number of hydrogen-bond acceptors (Lipinski definition) is 6. The van der Waals surface area contributed by atoms with Crippen LogP contribution in [0.5, 0.6) is 0 Å². The Balaban J connectivity index is 1.45. The summed E-state index contributed by atoms with van der Waals surface area (Å²) in [6.45, 7) is 3.32. The third-order valence-corrected chi connectivity index (χ3v) is 5.32. The Kier molecular flexibility index (Phi) is 6.43. The van der Waals surface area contributed by atoms with Gasteiger partial charge in [0, 0.05) is 49.3 Å². The number of hydrogen-bond donors (Lipinski definition) is 2. The SMILES string of the molecule is Cc1cnc(NC2CCOCC2)nc1-n1cnc(C(=O)NCc2cccc(Cl)c2F)c1. The number of imidazole rings is 1. The van der Waals surface area contributed by atoms with Crippen LogP contribution in [-0.2, 0) is 11.3 Å². The third-order valence-electron chi connectivity index (χ3n) is 5.03. The zero-order chi connectivity index (χ0) is 21.8. The van der Waals surface area contributed by atoms with Crippen molar-refractivity contribution in [2.75, 3.05) is 18.5 Å². The maximum absolute atomic E-state index is 14.0. The molecule has 0 radical (unpaired) electrons. The second-order valence-corrected chi connectivity index (χ2v) is 7.70. The number of aromatic nitrogens is 4. The third kappa shape index (κ3) is 5.00. The van der Waals surface area contributed by atoms with Gasteiger partial charge in [-0.2, -0.15) is 4.98 Å². The van der Waals surface area contributed by atoms with Gasteiger partial charge >= 0.3 is 0 Å². The van der Waals surface area contributed by atoms with E-state index >= 15 is 0 Å². The molecular formula is C21H22ClFN6O2. The number of amides is 1. The topological polar surface area (TPSA) is 94.0 Å². The number of benzene rings is 1. The molecule has 2 N–H and O–H groups in total. The van der Waals surface area contributed by atoms with Gasteiger partial charge < -0.3 is 15.4 Å². The lowest BCUT2D eigenvalue weighted by Crippen LogP contribution is -2.28. The second kappa shape index (κ2) is 9.40. The molecule has 4 rings (SSSR count). The van der Waals surface area contributed by atoms with Crippen molar-refractivity contribution in [2.45, 2.75) is 32.4 Å². The van der Waals surface area contributed by atoms with E-state index in [4.69, 9.17) is 16.3 Å². The van der Waals surface area contributed by atoms with Crippen LogP contribution in [-0.4, -0.2) is 44.7 Å². The molecular weight excluding hydrogens is 423 g/mol. The quantitative estimate of drug-likeness (QED) is 0.606. The van der Waals surface area contributed by atoms with E-state index in [9.17, 15) is 9.18 Å². The fraction of sp³-hybridized carbons (Fsp3) is 0.333.